The zero-order valence-corrected chi connectivity index (χ0v) is 18.0. The highest BCUT2D eigenvalue weighted by molar-refractivity contribution is 5.92. The fourth-order valence-corrected chi connectivity index (χ4v) is 4.41. The molecule has 30 heavy (non-hydrogen) atoms. The fraction of sp³-hybridized carbons (Fsp3) is 0.440. The van der Waals surface area contributed by atoms with Gasteiger partial charge >= 0.3 is 5.97 Å². The van der Waals surface area contributed by atoms with Crippen LogP contribution in [0.4, 0.5) is 5.69 Å². The van der Waals surface area contributed by atoms with Crippen molar-refractivity contribution in [3.05, 3.63) is 59.2 Å². The second kappa shape index (κ2) is 9.33. The molecule has 5 heteroatoms. The van der Waals surface area contributed by atoms with Gasteiger partial charge in [-0.15, -0.1) is 0 Å². The summed E-state index contributed by atoms with van der Waals surface area (Å²) in [6.07, 6.45) is 3.57. The van der Waals surface area contributed by atoms with Crippen molar-refractivity contribution in [2.24, 2.45) is 11.3 Å². The maximum atomic E-state index is 12.4. The molecule has 5 nitrogen and oxygen atoms in total. The molecule has 0 aliphatic heterocycles. The van der Waals surface area contributed by atoms with Crippen molar-refractivity contribution < 1.29 is 19.4 Å². The summed E-state index contributed by atoms with van der Waals surface area (Å²) in [5.74, 6) is 0.187. The molecule has 160 valence electrons. The molecule has 2 atom stereocenters. The van der Waals surface area contributed by atoms with E-state index in [0.29, 0.717) is 24.5 Å². The minimum absolute atomic E-state index is 0.0744. The molecular weight excluding hydrogens is 378 g/mol. The number of anilines is 1. The quantitative estimate of drug-likeness (QED) is 0.663. The van der Waals surface area contributed by atoms with E-state index in [0.717, 1.165) is 35.2 Å². The Labute approximate surface area is 178 Å². The molecule has 3 rings (SSSR count). The molecule has 0 heterocycles. The molecule has 1 aliphatic rings. The van der Waals surface area contributed by atoms with Crippen LogP contribution in [0.5, 0.6) is 5.75 Å². The van der Waals surface area contributed by atoms with E-state index in [-0.39, 0.29) is 18.9 Å². The number of carbonyl (C=O) groups is 2. The highest BCUT2D eigenvalue weighted by Gasteiger charge is 2.42. The first kappa shape index (κ1) is 21.9. The van der Waals surface area contributed by atoms with E-state index in [4.69, 9.17) is 4.74 Å². The number of nitrogens with one attached hydrogen (secondary N) is 1. The Bertz CT molecular complexity index is 886. The molecule has 2 N–H and O–H groups in total. The van der Waals surface area contributed by atoms with Crippen molar-refractivity contribution in [3.63, 3.8) is 0 Å². The number of ether oxygens (including phenoxy) is 1. The van der Waals surface area contributed by atoms with E-state index in [1.54, 1.807) is 12.1 Å². The number of hydrogen-bond donors (Lipinski definition) is 2. The average Bonchev–Trinajstić information content (AvgIpc) is 2.66. The molecule has 1 amide bonds. The van der Waals surface area contributed by atoms with Gasteiger partial charge in [0.25, 0.3) is 0 Å². The Morgan fingerprint density at radius 3 is 2.40 bits per heavy atom. The highest BCUT2D eigenvalue weighted by Crippen LogP contribution is 2.40. The second-order valence-corrected chi connectivity index (χ2v) is 8.82. The van der Waals surface area contributed by atoms with Crippen molar-refractivity contribution in [1.82, 2.24) is 0 Å². The van der Waals surface area contributed by atoms with Crippen LogP contribution < -0.4 is 10.1 Å². The summed E-state index contributed by atoms with van der Waals surface area (Å²) < 4.78 is 5.86. The van der Waals surface area contributed by atoms with Gasteiger partial charge in [0.1, 0.15) is 17.8 Å². The minimum Gasteiger partial charge on any atom is -0.492 e. The van der Waals surface area contributed by atoms with E-state index in [2.05, 4.69) is 18.3 Å². The van der Waals surface area contributed by atoms with Gasteiger partial charge in [-0.2, -0.15) is 0 Å². The third-order valence-electron chi connectivity index (χ3n) is 5.85. The van der Waals surface area contributed by atoms with Gasteiger partial charge in [0.2, 0.25) is 5.91 Å². The number of carbonyl (C=O) groups excluding carboxylic acids is 1. The summed E-state index contributed by atoms with van der Waals surface area (Å²) in [6.45, 7) is 6.29. The summed E-state index contributed by atoms with van der Waals surface area (Å²) in [5, 5.41) is 12.7. The standard InChI is InChI=1S/C25H31NO4/c1-17-5-4-10-25(15-17,24(28)29)16-30-22-8-6-20(7-9-22)14-23(27)26-21-12-18(2)11-19(3)13-21/h6-9,11-13,17H,4-5,10,14-16H2,1-3H3,(H,26,27)(H,28,29). The molecule has 0 aromatic heterocycles. The highest BCUT2D eigenvalue weighted by atomic mass is 16.5. The van der Waals surface area contributed by atoms with E-state index in [1.165, 1.54) is 0 Å². The number of amides is 1. The summed E-state index contributed by atoms with van der Waals surface area (Å²) in [5.41, 5.74) is 3.10. The normalized spacial score (nSPS) is 21.1. The summed E-state index contributed by atoms with van der Waals surface area (Å²) in [7, 11) is 0. The van der Waals surface area contributed by atoms with Gasteiger partial charge in [0, 0.05) is 5.69 Å². The Kier molecular flexibility index (Phi) is 6.80. The molecule has 1 aliphatic carbocycles. The van der Waals surface area contributed by atoms with Crippen LogP contribution in [0.3, 0.4) is 0 Å². The average molecular weight is 410 g/mol. The third kappa shape index (κ3) is 5.62. The smallest absolute Gasteiger partial charge is 0.313 e. The predicted molar refractivity (Wildman–Crippen MR) is 118 cm³/mol. The molecule has 2 aromatic rings. The summed E-state index contributed by atoms with van der Waals surface area (Å²) in [4.78, 5) is 24.2. The number of aryl methyl sites for hydroxylation is 2. The van der Waals surface area contributed by atoms with Crippen LogP contribution in [0.2, 0.25) is 0 Å². The Balaban J connectivity index is 1.56. The van der Waals surface area contributed by atoms with Crippen molar-refractivity contribution in [1.29, 1.82) is 0 Å². The van der Waals surface area contributed by atoms with Crippen LogP contribution in [-0.4, -0.2) is 23.6 Å². The van der Waals surface area contributed by atoms with Crippen LogP contribution >= 0.6 is 0 Å². The zero-order chi connectivity index (χ0) is 21.7. The molecule has 2 unspecified atom stereocenters. The van der Waals surface area contributed by atoms with Crippen LogP contribution in [0.1, 0.15) is 49.3 Å². The number of rotatable bonds is 7. The molecule has 1 saturated carbocycles. The lowest BCUT2D eigenvalue weighted by molar-refractivity contribution is -0.154. The van der Waals surface area contributed by atoms with E-state index in [1.807, 2.05) is 38.1 Å². The SMILES string of the molecule is Cc1cc(C)cc(NC(=O)Cc2ccc(OCC3(C(=O)O)CCCC(C)C3)cc2)c1. The first-order valence-corrected chi connectivity index (χ1v) is 10.6. The van der Waals surface area contributed by atoms with Crippen molar-refractivity contribution in [3.8, 4) is 5.75 Å². The third-order valence-corrected chi connectivity index (χ3v) is 5.85. The van der Waals surface area contributed by atoms with Crippen LogP contribution in [0.25, 0.3) is 0 Å². The van der Waals surface area contributed by atoms with Gasteiger partial charge in [-0.1, -0.05) is 38.0 Å². The first-order chi connectivity index (χ1) is 14.3. The van der Waals surface area contributed by atoms with Gasteiger partial charge in [-0.25, -0.2) is 0 Å². The van der Waals surface area contributed by atoms with Crippen LogP contribution in [0.15, 0.2) is 42.5 Å². The van der Waals surface area contributed by atoms with Crippen molar-refractivity contribution >= 4 is 17.6 Å². The number of aliphatic carboxylic acids is 1. The van der Waals surface area contributed by atoms with Gasteiger partial charge in [0.05, 0.1) is 6.42 Å². The summed E-state index contributed by atoms with van der Waals surface area (Å²) in [6, 6.07) is 13.3. The van der Waals surface area contributed by atoms with E-state index < -0.39 is 11.4 Å². The van der Waals surface area contributed by atoms with Crippen molar-refractivity contribution in [2.45, 2.75) is 52.9 Å². The van der Waals surface area contributed by atoms with Gasteiger partial charge in [-0.05, 0) is 73.6 Å². The molecule has 0 spiro atoms. The molecule has 2 aromatic carbocycles. The predicted octanol–water partition coefficient (Wildman–Crippen LogP) is 5.14. The van der Waals surface area contributed by atoms with Crippen molar-refractivity contribution in [2.75, 3.05) is 11.9 Å². The minimum atomic E-state index is -0.803. The Morgan fingerprint density at radius 2 is 1.80 bits per heavy atom. The fourth-order valence-electron chi connectivity index (χ4n) is 4.41. The molecule has 1 fully saturated rings. The molecule has 0 bridgehead atoms. The largest absolute Gasteiger partial charge is 0.492 e. The topological polar surface area (TPSA) is 75.6 Å². The molecule has 0 saturated heterocycles. The van der Waals surface area contributed by atoms with Gasteiger partial charge in [-0.3, -0.25) is 9.59 Å². The summed E-state index contributed by atoms with van der Waals surface area (Å²) >= 11 is 0. The van der Waals surface area contributed by atoms with Crippen LogP contribution in [-0.2, 0) is 16.0 Å². The number of benzene rings is 2. The molecule has 0 radical (unpaired) electrons. The lowest BCUT2D eigenvalue weighted by Crippen LogP contribution is -2.41. The van der Waals surface area contributed by atoms with Gasteiger partial charge in [0.15, 0.2) is 0 Å². The van der Waals surface area contributed by atoms with E-state index in [9.17, 15) is 14.7 Å². The monoisotopic (exact) mass is 409 g/mol. The van der Waals surface area contributed by atoms with Crippen LogP contribution in [0, 0.1) is 25.2 Å². The number of hydrogen-bond acceptors (Lipinski definition) is 3. The Morgan fingerprint density at radius 1 is 1.13 bits per heavy atom. The molecular formula is C25H31NO4. The second-order valence-electron chi connectivity index (χ2n) is 8.82. The Hall–Kier alpha value is -2.82. The maximum Gasteiger partial charge on any atom is 0.313 e. The lowest BCUT2D eigenvalue weighted by Gasteiger charge is -2.36. The zero-order valence-electron chi connectivity index (χ0n) is 18.0. The van der Waals surface area contributed by atoms with E-state index >= 15 is 0 Å². The maximum absolute atomic E-state index is 12.4. The number of carboxylic acid groups (broad SMARTS) is 1. The number of carboxylic acids is 1. The lowest BCUT2D eigenvalue weighted by atomic mass is 9.70. The first-order valence-electron chi connectivity index (χ1n) is 10.6. The van der Waals surface area contributed by atoms with Gasteiger partial charge < -0.3 is 15.2 Å².